The SMILES string of the molecule is Oc1cccc(F)c1N1CCCCS1(O)O. The lowest BCUT2D eigenvalue weighted by atomic mass is 10.2. The highest BCUT2D eigenvalue weighted by atomic mass is 32.3. The van der Waals surface area contributed by atoms with Gasteiger partial charge >= 0.3 is 0 Å². The summed E-state index contributed by atoms with van der Waals surface area (Å²) >= 11 is 0. The number of phenols is 1. The average molecular weight is 247 g/mol. The standard InChI is InChI=1S/C10H14FNO3S/c11-8-4-3-5-9(13)10(8)12-6-1-2-7-16(12,14)15/h3-5,13-15H,1-2,6-7H2. The zero-order valence-corrected chi connectivity index (χ0v) is 9.45. The Bertz CT molecular complexity index is 379. The number of rotatable bonds is 1. The molecule has 1 aliphatic rings. The number of benzene rings is 1. The Labute approximate surface area is 94.8 Å². The van der Waals surface area contributed by atoms with Crippen LogP contribution in [0.1, 0.15) is 12.8 Å². The number of aromatic hydroxyl groups is 1. The molecule has 0 aliphatic carbocycles. The molecule has 1 aliphatic heterocycles. The molecule has 1 fully saturated rings. The van der Waals surface area contributed by atoms with E-state index in [-0.39, 0.29) is 17.2 Å². The predicted octanol–water partition coefficient (Wildman–Crippen LogP) is 2.80. The van der Waals surface area contributed by atoms with Gasteiger partial charge in [0.2, 0.25) is 0 Å². The highest BCUT2D eigenvalue weighted by Crippen LogP contribution is 2.52. The van der Waals surface area contributed by atoms with Crippen molar-refractivity contribution in [2.24, 2.45) is 0 Å². The molecule has 0 saturated carbocycles. The number of hydrogen-bond acceptors (Lipinski definition) is 4. The molecule has 16 heavy (non-hydrogen) atoms. The molecule has 1 saturated heterocycles. The van der Waals surface area contributed by atoms with Crippen LogP contribution in [0, 0.1) is 5.82 Å². The van der Waals surface area contributed by atoms with Crippen molar-refractivity contribution in [1.82, 2.24) is 0 Å². The van der Waals surface area contributed by atoms with Crippen LogP contribution in [0.2, 0.25) is 0 Å². The van der Waals surface area contributed by atoms with Crippen molar-refractivity contribution in [2.75, 3.05) is 16.6 Å². The van der Waals surface area contributed by atoms with Crippen LogP contribution in [-0.2, 0) is 0 Å². The molecule has 0 spiro atoms. The molecular weight excluding hydrogens is 233 g/mol. The van der Waals surface area contributed by atoms with Gasteiger partial charge in [0.25, 0.3) is 0 Å². The number of para-hydroxylation sites is 1. The second-order valence-electron chi connectivity index (χ2n) is 3.75. The number of halogens is 1. The van der Waals surface area contributed by atoms with Crippen LogP contribution in [0.15, 0.2) is 18.2 Å². The highest BCUT2D eigenvalue weighted by molar-refractivity contribution is 8.25. The van der Waals surface area contributed by atoms with Gasteiger partial charge < -0.3 is 5.11 Å². The number of phenolic OH excluding ortho intramolecular Hbond substituents is 1. The van der Waals surface area contributed by atoms with Crippen molar-refractivity contribution in [3.05, 3.63) is 24.0 Å². The first-order valence-electron chi connectivity index (χ1n) is 5.03. The summed E-state index contributed by atoms with van der Waals surface area (Å²) in [5.74, 6) is -0.676. The molecule has 6 heteroatoms. The van der Waals surface area contributed by atoms with Gasteiger partial charge in [0.15, 0.2) is 5.82 Å². The van der Waals surface area contributed by atoms with E-state index in [1.54, 1.807) is 0 Å². The van der Waals surface area contributed by atoms with E-state index in [9.17, 15) is 18.6 Å². The molecule has 3 N–H and O–H groups in total. The van der Waals surface area contributed by atoms with Crippen molar-refractivity contribution in [2.45, 2.75) is 12.8 Å². The fourth-order valence-corrected chi connectivity index (χ4v) is 3.52. The lowest BCUT2D eigenvalue weighted by Gasteiger charge is -2.47. The van der Waals surface area contributed by atoms with E-state index in [1.165, 1.54) is 22.5 Å². The van der Waals surface area contributed by atoms with Gasteiger partial charge in [0.1, 0.15) is 11.4 Å². The topological polar surface area (TPSA) is 63.9 Å². The van der Waals surface area contributed by atoms with E-state index < -0.39 is 16.6 Å². The Hall–Kier alpha value is -0.980. The molecule has 0 radical (unpaired) electrons. The van der Waals surface area contributed by atoms with Gasteiger partial charge in [-0.1, -0.05) is 6.07 Å². The van der Waals surface area contributed by atoms with Crippen molar-refractivity contribution in [1.29, 1.82) is 0 Å². The maximum absolute atomic E-state index is 13.6. The molecule has 0 bridgehead atoms. The van der Waals surface area contributed by atoms with Crippen LogP contribution >= 0.6 is 10.8 Å². The minimum atomic E-state index is -2.99. The van der Waals surface area contributed by atoms with E-state index in [1.807, 2.05) is 0 Å². The zero-order valence-electron chi connectivity index (χ0n) is 8.64. The van der Waals surface area contributed by atoms with Gasteiger partial charge in [-0.25, -0.2) is 4.39 Å². The number of hydrogen-bond donors (Lipinski definition) is 3. The first kappa shape index (κ1) is 11.5. The summed E-state index contributed by atoms with van der Waals surface area (Å²) in [6, 6.07) is 3.91. The molecule has 0 amide bonds. The Balaban J connectivity index is 2.42. The summed E-state index contributed by atoms with van der Waals surface area (Å²) < 4.78 is 34.4. The monoisotopic (exact) mass is 247 g/mol. The first-order valence-corrected chi connectivity index (χ1v) is 6.71. The van der Waals surface area contributed by atoms with E-state index in [0.29, 0.717) is 13.0 Å². The van der Waals surface area contributed by atoms with Crippen molar-refractivity contribution < 1.29 is 18.6 Å². The molecule has 2 rings (SSSR count). The van der Waals surface area contributed by atoms with Crippen LogP contribution < -0.4 is 4.31 Å². The summed E-state index contributed by atoms with van der Waals surface area (Å²) in [6.07, 6.45) is 1.46. The van der Waals surface area contributed by atoms with E-state index in [4.69, 9.17) is 0 Å². The van der Waals surface area contributed by atoms with E-state index in [2.05, 4.69) is 0 Å². The van der Waals surface area contributed by atoms with Crippen LogP contribution in [-0.4, -0.2) is 26.5 Å². The third-order valence-corrected chi connectivity index (χ3v) is 4.50. The molecule has 1 heterocycles. The van der Waals surface area contributed by atoms with E-state index in [0.717, 1.165) is 6.42 Å². The normalized spacial score (nSPS) is 21.8. The predicted molar refractivity (Wildman–Crippen MR) is 62.4 cm³/mol. The summed E-state index contributed by atoms with van der Waals surface area (Å²) in [7, 11) is -2.99. The molecule has 90 valence electrons. The number of nitrogens with zero attached hydrogens (tertiary/aromatic N) is 1. The third-order valence-electron chi connectivity index (χ3n) is 2.60. The largest absolute Gasteiger partial charge is 0.506 e. The quantitative estimate of drug-likeness (QED) is 0.714. The molecule has 1 aromatic carbocycles. The summed E-state index contributed by atoms with van der Waals surface area (Å²) in [4.78, 5) is 0. The van der Waals surface area contributed by atoms with Crippen LogP contribution in [0.4, 0.5) is 10.1 Å². The summed E-state index contributed by atoms with van der Waals surface area (Å²) in [5.41, 5.74) is -0.109. The molecule has 0 unspecified atom stereocenters. The average Bonchev–Trinajstić information content (AvgIpc) is 2.19. The van der Waals surface area contributed by atoms with Crippen LogP contribution in [0.5, 0.6) is 5.75 Å². The number of anilines is 1. The molecular formula is C10H14FNO3S. The first-order chi connectivity index (χ1) is 7.52. The Morgan fingerprint density at radius 1 is 1.25 bits per heavy atom. The van der Waals surface area contributed by atoms with Crippen molar-refractivity contribution in [3.8, 4) is 5.75 Å². The summed E-state index contributed by atoms with van der Waals surface area (Å²) in [5, 5.41) is 9.59. The third kappa shape index (κ3) is 1.95. The molecule has 4 nitrogen and oxygen atoms in total. The zero-order chi connectivity index (χ0) is 11.8. The molecule has 1 aromatic rings. The lowest BCUT2D eigenvalue weighted by Crippen LogP contribution is -2.34. The van der Waals surface area contributed by atoms with Gasteiger partial charge in [0, 0.05) is 6.54 Å². The summed E-state index contributed by atoms with van der Waals surface area (Å²) in [6.45, 7) is 0.344. The highest BCUT2D eigenvalue weighted by Gasteiger charge is 2.30. The maximum Gasteiger partial charge on any atom is 0.151 e. The Morgan fingerprint density at radius 2 is 2.00 bits per heavy atom. The minimum Gasteiger partial charge on any atom is -0.506 e. The second kappa shape index (κ2) is 4.12. The van der Waals surface area contributed by atoms with Crippen molar-refractivity contribution >= 4 is 16.5 Å². The van der Waals surface area contributed by atoms with Crippen LogP contribution in [0.25, 0.3) is 0 Å². The van der Waals surface area contributed by atoms with Gasteiger partial charge in [0.05, 0.1) is 5.75 Å². The molecule has 0 atom stereocenters. The second-order valence-corrected chi connectivity index (χ2v) is 5.87. The Kier molecular flexibility index (Phi) is 2.96. The van der Waals surface area contributed by atoms with Gasteiger partial charge in [-0.3, -0.25) is 13.4 Å². The Morgan fingerprint density at radius 3 is 2.62 bits per heavy atom. The van der Waals surface area contributed by atoms with Crippen molar-refractivity contribution in [3.63, 3.8) is 0 Å². The van der Waals surface area contributed by atoms with Gasteiger partial charge in [-0.05, 0) is 25.0 Å². The minimum absolute atomic E-state index is 0.109. The molecule has 0 aromatic heterocycles. The smallest absolute Gasteiger partial charge is 0.151 e. The fourth-order valence-electron chi connectivity index (χ4n) is 1.82. The van der Waals surface area contributed by atoms with E-state index >= 15 is 0 Å². The fraction of sp³-hybridized carbons (Fsp3) is 0.400. The maximum atomic E-state index is 13.6. The lowest BCUT2D eigenvalue weighted by molar-refractivity contribution is 0.451. The van der Waals surface area contributed by atoms with Gasteiger partial charge in [-0.2, -0.15) is 0 Å². The van der Waals surface area contributed by atoms with Crippen LogP contribution in [0.3, 0.4) is 0 Å². The van der Waals surface area contributed by atoms with Gasteiger partial charge in [-0.15, -0.1) is 10.8 Å².